The highest BCUT2D eigenvalue weighted by atomic mass is 32.1. The minimum absolute atomic E-state index is 0. The Morgan fingerprint density at radius 3 is 2.50 bits per heavy atom. The van der Waals surface area contributed by atoms with E-state index in [0.717, 1.165) is 49.5 Å². The number of likely N-dealkylation sites (tertiary alicyclic amines) is 1. The normalized spacial score (nSPS) is 15.1. The predicted octanol–water partition coefficient (Wildman–Crippen LogP) is 5.82. The van der Waals surface area contributed by atoms with Gasteiger partial charge in [-0.2, -0.15) is 0 Å². The van der Waals surface area contributed by atoms with Crippen LogP contribution in [0.5, 0.6) is 5.75 Å². The Labute approximate surface area is 232 Å². The number of carbonyl (C=O) groups is 2. The Balaban J connectivity index is 0.00000280. The number of hydrogen-bond donors (Lipinski definition) is 2. The minimum Gasteiger partial charge on any atom is -0.483 e. The lowest BCUT2D eigenvalue weighted by Crippen LogP contribution is -2.48. The van der Waals surface area contributed by atoms with Crippen LogP contribution in [-0.4, -0.2) is 56.0 Å². The zero-order chi connectivity index (χ0) is 26.7. The topological polar surface area (TPSA) is 73.9 Å². The lowest BCUT2D eigenvalue weighted by molar-refractivity contribution is -0.120. The second-order valence-electron chi connectivity index (χ2n) is 9.52. The number of thiophene rings is 1. The number of hydrogen-bond acceptors (Lipinski definition) is 6. The molecule has 0 saturated carbocycles. The number of benzene rings is 2. The van der Waals surface area contributed by atoms with Crippen molar-refractivity contribution in [2.24, 2.45) is 0 Å². The van der Waals surface area contributed by atoms with Crippen molar-refractivity contribution in [1.82, 2.24) is 10.2 Å². The van der Waals surface area contributed by atoms with E-state index < -0.39 is 0 Å². The van der Waals surface area contributed by atoms with Crippen LogP contribution in [0.2, 0.25) is 0 Å². The van der Waals surface area contributed by atoms with Crippen molar-refractivity contribution in [3.63, 3.8) is 0 Å². The number of nitrogens with zero attached hydrogens (tertiary/aromatic N) is 2. The summed E-state index contributed by atoms with van der Waals surface area (Å²) in [5.41, 5.74) is 1.63. The third kappa shape index (κ3) is 7.43. The fraction of sp³-hybridized carbons (Fsp3) is 0.400. The fourth-order valence-electron chi connectivity index (χ4n) is 4.88. The van der Waals surface area contributed by atoms with Crippen LogP contribution >= 0.6 is 11.3 Å². The summed E-state index contributed by atoms with van der Waals surface area (Å²) in [6, 6.07) is 21.8. The van der Waals surface area contributed by atoms with Gasteiger partial charge in [-0.15, -0.1) is 11.3 Å². The molecule has 2 aromatic carbocycles. The van der Waals surface area contributed by atoms with E-state index in [9.17, 15) is 9.59 Å². The SMILES string of the molecule is CCC(=O)N(c1ccccc1)C1CCN(CC(=O)Nc2ccccc2O[C@H](CCNC)c2cccs2)CC1.[HH].[HH]. The first-order chi connectivity index (χ1) is 18.6. The number of ether oxygens (including phenoxy) is 1. The number of nitrogens with one attached hydrogen (secondary N) is 2. The average Bonchev–Trinajstić information content (AvgIpc) is 3.48. The first-order valence-electron chi connectivity index (χ1n) is 13.4. The second kappa shape index (κ2) is 14.1. The molecule has 2 amide bonds. The number of carbonyl (C=O) groups excluding carboxylic acids is 2. The molecule has 0 radical (unpaired) electrons. The maximum absolute atomic E-state index is 13.0. The molecule has 1 saturated heterocycles. The molecule has 1 fully saturated rings. The summed E-state index contributed by atoms with van der Waals surface area (Å²) >= 11 is 1.68. The van der Waals surface area contributed by atoms with Gasteiger partial charge in [0.05, 0.1) is 12.2 Å². The molecule has 0 aliphatic carbocycles. The first kappa shape index (κ1) is 27.8. The molecule has 8 heteroatoms. The molecule has 4 rings (SSSR count). The van der Waals surface area contributed by atoms with E-state index in [1.807, 2.05) is 79.5 Å². The van der Waals surface area contributed by atoms with Crippen molar-refractivity contribution < 1.29 is 17.2 Å². The molecule has 206 valence electrons. The fourth-order valence-corrected chi connectivity index (χ4v) is 5.67. The van der Waals surface area contributed by atoms with Gasteiger partial charge in [0.25, 0.3) is 0 Å². The summed E-state index contributed by atoms with van der Waals surface area (Å²) in [6.45, 7) is 4.57. The van der Waals surface area contributed by atoms with Gasteiger partial charge in [-0.3, -0.25) is 14.5 Å². The number of rotatable bonds is 12. The highest BCUT2D eigenvalue weighted by molar-refractivity contribution is 7.10. The monoisotopic (exact) mass is 538 g/mol. The van der Waals surface area contributed by atoms with E-state index in [2.05, 4.69) is 27.0 Å². The summed E-state index contributed by atoms with van der Waals surface area (Å²) in [5.74, 6) is 0.747. The summed E-state index contributed by atoms with van der Waals surface area (Å²) in [6.07, 6.45) is 2.89. The molecule has 3 aromatic rings. The third-order valence-electron chi connectivity index (χ3n) is 6.84. The van der Waals surface area contributed by atoms with Gasteiger partial charge in [0.15, 0.2) is 0 Å². The smallest absolute Gasteiger partial charge is 0.238 e. The maximum Gasteiger partial charge on any atom is 0.238 e. The molecule has 1 aliphatic heterocycles. The molecule has 0 spiro atoms. The highest BCUT2D eigenvalue weighted by Gasteiger charge is 2.29. The van der Waals surface area contributed by atoms with Crippen LogP contribution < -0.4 is 20.3 Å². The minimum atomic E-state index is -0.0853. The van der Waals surface area contributed by atoms with Gasteiger partial charge < -0.3 is 20.3 Å². The first-order valence-corrected chi connectivity index (χ1v) is 14.3. The van der Waals surface area contributed by atoms with E-state index >= 15 is 0 Å². The van der Waals surface area contributed by atoms with Crippen molar-refractivity contribution in [2.75, 3.05) is 43.4 Å². The van der Waals surface area contributed by atoms with Crippen molar-refractivity contribution in [3.8, 4) is 5.75 Å². The zero-order valence-electron chi connectivity index (χ0n) is 22.3. The van der Waals surface area contributed by atoms with Crippen molar-refractivity contribution in [1.29, 1.82) is 0 Å². The number of amides is 2. The maximum atomic E-state index is 13.0. The Bertz CT molecular complexity index is 1160. The standard InChI is InChI=1S/C30H38N4O3S.2H2/c1-3-30(36)34(23-10-5-4-6-11-23)24-16-19-33(20-17-24)22-29(35)32-25-12-7-8-13-26(25)37-27(15-18-31-2)28-14-9-21-38-28;;/h4-14,21,24,27,31H,3,15-20,22H2,1-2H3,(H,32,35);2*1H/t27-;;/m1../s1. The van der Waals surface area contributed by atoms with Crippen LogP contribution in [0.25, 0.3) is 0 Å². The van der Waals surface area contributed by atoms with Crippen LogP contribution in [0.3, 0.4) is 0 Å². The van der Waals surface area contributed by atoms with Gasteiger partial charge in [-0.25, -0.2) is 0 Å². The predicted molar refractivity (Wildman–Crippen MR) is 159 cm³/mol. The molecule has 1 aromatic heterocycles. The molecular formula is C30H42N4O3S. The lowest BCUT2D eigenvalue weighted by atomic mass is 10.0. The third-order valence-corrected chi connectivity index (χ3v) is 7.81. The highest BCUT2D eigenvalue weighted by Crippen LogP contribution is 2.32. The van der Waals surface area contributed by atoms with Gasteiger partial charge in [-0.1, -0.05) is 43.3 Å². The van der Waals surface area contributed by atoms with Gasteiger partial charge >= 0.3 is 0 Å². The van der Waals surface area contributed by atoms with Crippen LogP contribution in [0, 0.1) is 0 Å². The molecule has 7 nitrogen and oxygen atoms in total. The van der Waals surface area contributed by atoms with Gasteiger partial charge in [-0.05, 0) is 62.1 Å². The molecule has 0 bridgehead atoms. The number of para-hydroxylation sites is 3. The second-order valence-corrected chi connectivity index (χ2v) is 10.5. The molecule has 2 heterocycles. The van der Waals surface area contributed by atoms with Gasteiger partial charge in [0.1, 0.15) is 11.9 Å². The summed E-state index contributed by atoms with van der Waals surface area (Å²) in [7, 11) is 1.93. The zero-order valence-corrected chi connectivity index (χ0v) is 23.1. The Morgan fingerprint density at radius 2 is 1.82 bits per heavy atom. The van der Waals surface area contributed by atoms with Crippen LogP contribution in [0.15, 0.2) is 72.1 Å². The summed E-state index contributed by atoms with van der Waals surface area (Å²) < 4.78 is 6.40. The molecule has 1 aliphatic rings. The molecule has 38 heavy (non-hydrogen) atoms. The Morgan fingerprint density at radius 1 is 1.08 bits per heavy atom. The van der Waals surface area contributed by atoms with E-state index in [-0.39, 0.29) is 26.8 Å². The Kier molecular flexibility index (Phi) is 10.3. The van der Waals surface area contributed by atoms with E-state index in [0.29, 0.717) is 24.4 Å². The van der Waals surface area contributed by atoms with Crippen LogP contribution in [0.1, 0.15) is 46.4 Å². The average molecular weight is 539 g/mol. The number of anilines is 2. The molecule has 0 unspecified atom stereocenters. The summed E-state index contributed by atoms with van der Waals surface area (Å²) in [5, 5.41) is 8.32. The summed E-state index contributed by atoms with van der Waals surface area (Å²) in [4.78, 5) is 31.1. The van der Waals surface area contributed by atoms with Crippen molar-refractivity contribution >= 4 is 34.5 Å². The number of piperidine rings is 1. The lowest BCUT2D eigenvalue weighted by Gasteiger charge is -2.38. The Hall–Kier alpha value is -3.20. The van der Waals surface area contributed by atoms with Crippen LogP contribution in [0.4, 0.5) is 11.4 Å². The largest absolute Gasteiger partial charge is 0.483 e. The van der Waals surface area contributed by atoms with Gasteiger partial charge in [0, 0.05) is 45.4 Å². The molecule has 2 N–H and O–H groups in total. The molecule has 1 atom stereocenters. The quantitative estimate of drug-likeness (QED) is 0.304. The molecular weight excluding hydrogens is 496 g/mol. The van der Waals surface area contributed by atoms with E-state index in [4.69, 9.17) is 4.74 Å². The van der Waals surface area contributed by atoms with Crippen LogP contribution in [-0.2, 0) is 9.59 Å². The van der Waals surface area contributed by atoms with E-state index in [1.54, 1.807) is 11.3 Å². The van der Waals surface area contributed by atoms with Gasteiger partial charge in [0.2, 0.25) is 11.8 Å². The van der Waals surface area contributed by atoms with E-state index in [1.165, 1.54) is 0 Å². The van der Waals surface area contributed by atoms with Crippen molar-refractivity contribution in [2.45, 2.75) is 44.8 Å². The van der Waals surface area contributed by atoms with Crippen molar-refractivity contribution in [3.05, 3.63) is 77.0 Å².